The second-order valence-corrected chi connectivity index (χ2v) is 5.97. The van der Waals surface area contributed by atoms with E-state index in [2.05, 4.69) is 0 Å². The molecule has 2 rings (SSSR count). The number of nitrogens with zero attached hydrogens (tertiary/aromatic N) is 1. The minimum Gasteiger partial charge on any atom is -0.497 e. The van der Waals surface area contributed by atoms with Crippen molar-refractivity contribution < 1.29 is 14.3 Å². The lowest BCUT2D eigenvalue weighted by Crippen LogP contribution is -2.55. The quantitative estimate of drug-likeness (QED) is 0.875. The van der Waals surface area contributed by atoms with Gasteiger partial charge in [-0.15, -0.1) is 0 Å². The van der Waals surface area contributed by atoms with Gasteiger partial charge in [0.15, 0.2) is 0 Å². The molecule has 0 unspecified atom stereocenters. The molecule has 1 saturated carbocycles. The Morgan fingerprint density at radius 1 is 1.18 bits per heavy atom. The van der Waals surface area contributed by atoms with Crippen LogP contribution in [-0.4, -0.2) is 43.7 Å². The van der Waals surface area contributed by atoms with Gasteiger partial charge < -0.3 is 20.1 Å². The van der Waals surface area contributed by atoms with E-state index in [0.717, 1.165) is 37.2 Å². The third kappa shape index (κ3) is 4.13. The number of likely N-dealkylation sites (N-methyl/N-ethyl adjacent to an activating group) is 1. The average molecular weight is 306 g/mol. The first-order chi connectivity index (χ1) is 10.5. The maximum Gasteiger partial charge on any atom is 0.242 e. The normalized spacial score (nSPS) is 16.9. The van der Waals surface area contributed by atoms with Gasteiger partial charge in [0.2, 0.25) is 5.91 Å². The van der Waals surface area contributed by atoms with Crippen LogP contribution in [0.15, 0.2) is 24.3 Å². The molecule has 0 saturated heterocycles. The number of benzene rings is 1. The first-order valence-corrected chi connectivity index (χ1v) is 7.86. The van der Waals surface area contributed by atoms with Crippen molar-refractivity contribution in [2.24, 2.45) is 5.73 Å². The van der Waals surface area contributed by atoms with Crippen LogP contribution in [0.1, 0.15) is 32.1 Å². The van der Waals surface area contributed by atoms with Gasteiger partial charge in [0.1, 0.15) is 18.1 Å². The van der Waals surface area contributed by atoms with E-state index in [9.17, 15) is 4.79 Å². The van der Waals surface area contributed by atoms with Crippen LogP contribution in [0, 0.1) is 0 Å². The SMILES string of the molecule is COc1ccc(OCCN(C)C(=O)C2(N)CCCCC2)cc1. The number of hydrogen-bond acceptors (Lipinski definition) is 4. The summed E-state index contributed by atoms with van der Waals surface area (Å²) in [5.41, 5.74) is 5.60. The minimum atomic E-state index is -0.673. The molecule has 1 aliphatic carbocycles. The molecular formula is C17H26N2O3. The van der Waals surface area contributed by atoms with Crippen LogP contribution in [0.5, 0.6) is 11.5 Å². The molecule has 0 aliphatic heterocycles. The lowest BCUT2D eigenvalue weighted by Gasteiger charge is -2.35. The molecule has 1 aromatic carbocycles. The van der Waals surface area contributed by atoms with Crippen molar-refractivity contribution in [1.29, 1.82) is 0 Å². The van der Waals surface area contributed by atoms with Crippen molar-refractivity contribution in [3.05, 3.63) is 24.3 Å². The van der Waals surface area contributed by atoms with Gasteiger partial charge in [-0.1, -0.05) is 19.3 Å². The molecule has 122 valence electrons. The van der Waals surface area contributed by atoms with Crippen LogP contribution in [0.3, 0.4) is 0 Å². The highest BCUT2D eigenvalue weighted by atomic mass is 16.5. The second-order valence-electron chi connectivity index (χ2n) is 5.97. The van der Waals surface area contributed by atoms with Crippen molar-refractivity contribution in [1.82, 2.24) is 4.90 Å². The summed E-state index contributed by atoms with van der Waals surface area (Å²) in [6.07, 6.45) is 4.83. The Kier molecular flexibility index (Phi) is 5.66. The Balaban J connectivity index is 1.79. The maximum atomic E-state index is 12.5. The van der Waals surface area contributed by atoms with Crippen LogP contribution in [0.25, 0.3) is 0 Å². The summed E-state index contributed by atoms with van der Waals surface area (Å²) in [5.74, 6) is 1.59. The molecule has 0 aromatic heterocycles. The van der Waals surface area contributed by atoms with Crippen molar-refractivity contribution >= 4 is 5.91 Å². The molecule has 5 heteroatoms. The number of carbonyl (C=O) groups excluding carboxylic acids is 1. The molecule has 22 heavy (non-hydrogen) atoms. The third-order valence-electron chi connectivity index (χ3n) is 4.27. The van der Waals surface area contributed by atoms with E-state index in [1.807, 2.05) is 24.3 Å². The molecule has 1 amide bonds. The van der Waals surface area contributed by atoms with Crippen LogP contribution >= 0.6 is 0 Å². The van der Waals surface area contributed by atoms with Crippen LogP contribution in [0.2, 0.25) is 0 Å². The Morgan fingerprint density at radius 2 is 1.77 bits per heavy atom. The van der Waals surface area contributed by atoms with E-state index in [1.54, 1.807) is 19.1 Å². The number of ether oxygens (including phenoxy) is 2. The molecule has 1 aliphatic rings. The van der Waals surface area contributed by atoms with Gasteiger partial charge >= 0.3 is 0 Å². The average Bonchev–Trinajstić information content (AvgIpc) is 2.55. The highest BCUT2D eigenvalue weighted by Crippen LogP contribution is 2.27. The van der Waals surface area contributed by atoms with Crippen LogP contribution in [0.4, 0.5) is 0 Å². The van der Waals surface area contributed by atoms with Crippen LogP contribution in [-0.2, 0) is 4.79 Å². The molecule has 1 fully saturated rings. The van der Waals surface area contributed by atoms with Gasteiger partial charge in [0.25, 0.3) is 0 Å². The summed E-state index contributed by atoms with van der Waals surface area (Å²) in [7, 11) is 3.42. The highest BCUT2D eigenvalue weighted by Gasteiger charge is 2.37. The van der Waals surface area contributed by atoms with Crippen molar-refractivity contribution in [3.8, 4) is 11.5 Å². The number of rotatable bonds is 6. The van der Waals surface area contributed by atoms with E-state index in [0.29, 0.717) is 13.2 Å². The number of hydrogen-bond donors (Lipinski definition) is 1. The largest absolute Gasteiger partial charge is 0.497 e. The highest BCUT2D eigenvalue weighted by molar-refractivity contribution is 5.86. The van der Waals surface area contributed by atoms with Crippen LogP contribution < -0.4 is 15.2 Å². The molecule has 0 bridgehead atoms. The van der Waals surface area contributed by atoms with E-state index in [1.165, 1.54) is 6.42 Å². The Bertz CT molecular complexity index is 481. The van der Waals surface area contributed by atoms with E-state index in [-0.39, 0.29) is 5.91 Å². The van der Waals surface area contributed by atoms with Gasteiger partial charge in [-0.25, -0.2) is 0 Å². The fourth-order valence-electron chi connectivity index (χ4n) is 2.85. The van der Waals surface area contributed by atoms with Gasteiger partial charge in [0.05, 0.1) is 19.2 Å². The zero-order chi connectivity index (χ0) is 16.0. The number of methoxy groups -OCH3 is 1. The van der Waals surface area contributed by atoms with E-state index in [4.69, 9.17) is 15.2 Å². The van der Waals surface area contributed by atoms with Gasteiger partial charge in [0, 0.05) is 7.05 Å². The van der Waals surface area contributed by atoms with Gasteiger partial charge in [-0.2, -0.15) is 0 Å². The Hall–Kier alpha value is -1.75. The van der Waals surface area contributed by atoms with Crippen molar-refractivity contribution in [2.45, 2.75) is 37.6 Å². The number of nitrogens with two attached hydrogens (primary N) is 1. The predicted molar refractivity (Wildman–Crippen MR) is 86.1 cm³/mol. The van der Waals surface area contributed by atoms with E-state index >= 15 is 0 Å². The van der Waals surface area contributed by atoms with E-state index < -0.39 is 5.54 Å². The van der Waals surface area contributed by atoms with Gasteiger partial charge in [-0.3, -0.25) is 4.79 Å². The summed E-state index contributed by atoms with van der Waals surface area (Å²) in [6, 6.07) is 7.40. The molecule has 5 nitrogen and oxygen atoms in total. The number of carbonyl (C=O) groups is 1. The standard InChI is InChI=1S/C17H26N2O3/c1-19(16(20)17(18)10-4-3-5-11-17)12-13-22-15-8-6-14(21-2)7-9-15/h6-9H,3-5,10-13,18H2,1-2H3. The first-order valence-electron chi connectivity index (χ1n) is 7.86. The summed E-state index contributed by atoms with van der Waals surface area (Å²) in [6.45, 7) is 0.981. The maximum absolute atomic E-state index is 12.5. The summed E-state index contributed by atoms with van der Waals surface area (Å²) < 4.78 is 10.8. The molecule has 0 atom stereocenters. The smallest absolute Gasteiger partial charge is 0.242 e. The fourth-order valence-corrected chi connectivity index (χ4v) is 2.85. The third-order valence-corrected chi connectivity index (χ3v) is 4.27. The lowest BCUT2D eigenvalue weighted by molar-refractivity contribution is -0.137. The molecule has 0 heterocycles. The molecule has 0 spiro atoms. The zero-order valence-corrected chi connectivity index (χ0v) is 13.5. The Labute approximate surface area is 132 Å². The molecule has 0 radical (unpaired) electrons. The molecule has 2 N–H and O–H groups in total. The number of amides is 1. The second kappa shape index (κ2) is 7.49. The Morgan fingerprint density at radius 3 is 2.36 bits per heavy atom. The summed E-state index contributed by atoms with van der Waals surface area (Å²) >= 11 is 0. The molecular weight excluding hydrogens is 280 g/mol. The molecule has 1 aromatic rings. The lowest BCUT2D eigenvalue weighted by atomic mass is 9.81. The summed E-state index contributed by atoms with van der Waals surface area (Å²) in [4.78, 5) is 14.2. The predicted octanol–water partition coefficient (Wildman–Crippen LogP) is 2.19. The minimum absolute atomic E-state index is 0.0329. The monoisotopic (exact) mass is 306 g/mol. The summed E-state index contributed by atoms with van der Waals surface area (Å²) in [5, 5.41) is 0. The fraction of sp³-hybridized carbons (Fsp3) is 0.588. The van der Waals surface area contributed by atoms with Gasteiger partial charge in [-0.05, 0) is 37.1 Å². The topological polar surface area (TPSA) is 64.8 Å². The van der Waals surface area contributed by atoms with Crippen molar-refractivity contribution in [3.63, 3.8) is 0 Å². The zero-order valence-electron chi connectivity index (χ0n) is 13.5. The first kappa shape index (κ1) is 16.6. The van der Waals surface area contributed by atoms with Crippen molar-refractivity contribution in [2.75, 3.05) is 27.3 Å².